The van der Waals surface area contributed by atoms with Crippen LogP contribution in [0.5, 0.6) is 0 Å². The lowest BCUT2D eigenvalue weighted by atomic mass is 9.89. The lowest BCUT2D eigenvalue weighted by molar-refractivity contribution is 0.627. The molecule has 5 aromatic carbocycles. The van der Waals surface area contributed by atoms with E-state index >= 15 is 0 Å². The zero-order valence-corrected chi connectivity index (χ0v) is 17.5. The van der Waals surface area contributed by atoms with Crippen LogP contribution in [-0.2, 0) is 0 Å². The van der Waals surface area contributed by atoms with Gasteiger partial charge in [-0.2, -0.15) is 0 Å². The fourth-order valence-corrected chi connectivity index (χ4v) is 4.73. The maximum Gasteiger partial charge on any atom is 0.124 e. The Hall–Kier alpha value is -2.79. The van der Waals surface area contributed by atoms with Crippen molar-refractivity contribution in [3.63, 3.8) is 0 Å². The summed E-state index contributed by atoms with van der Waals surface area (Å²) in [5.41, 5.74) is 3.92. The van der Waals surface area contributed by atoms with Crippen molar-refractivity contribution in [1.29, 1.82) is 0 Å². The van der Waals surface area contributed by atoms with Gasteiger partial charge in [0.05, 0.1) is 0 Å². The van der Waals surface area contributed by atoms with Crippen LogP contribution in [0.3, 0.4) is 0 Å². The Bertz CT molecular complexity index is 1390. The fraction of sp³-hybridized carbons (Fsp3) is 0. The molecule has 0 N–H and O–H groups in total. The Balaban J connectivity index is 1.88. The summed E-state index contributed by atoms with van der Waals surface area (Å²) in [6.45, 7) is 0. The molecule has 0 heterocycles. The highest BCUT2D eigenvalue weighted by Crippen LogP contribution is 2.40. The molecule has 3 heteroatoms. The average molecular weight is 492 g/mol. The predicted molar refractivity (Wildman–Crippen MR) is 125 cm³/mol. The topological polar surface area (TPSA) is 0 Å². The second-order valence-corrected chi connectivity index (χ2v) is 8.17. The Morgan fingerprint density at radius 3 is 1.93 bits per heavy atom. The normalized spacial score (nSPS) is 11.3. The monoisotopic (exact) mass is 492 g/mol. The molecule has 0 amide bonds. The molecule has 0 saturated carbocycles. The van der Waals surface area contributed by atoms with Crippen LogP contribution in [0.4, 0.5) is 8.78 Å². The van der Waals surface area contributed by atoms with Gasteiger partial charge in [-0.25, -0.2) is 8.78 Å². The van der Waals surface area contributed by atoms with Crippen molar-refractivity contribution in [2.45, 2.75) is 0 Å². The third-order valence-electron chi connectivity index (χ3n) is 5.26. The smallest absolute Gasteiger partial charge is 0.124 e. The van der Waals surface area contributed by atoms with Crippen molar-refractivity contribution in [3.8, 4) is 22.3 Å². The Labute approximate surface area is 181 Å². The van der Waals surface area contributed by atoms with Gasteiger partial charge in [0.15, 0.2) is 0 Å². The highest BCUT2D eigenvalue weighted by molar-refractivity contribution is 14.1. The van der Waals surface area contributed by atoms with Crippen LogP contribution >= 0.6 is 22.6 Å². The van der Waals surface area contributed by atoms with Gasteiger partial charge >= 0.3 is 0 Å². The number of halogens is 3. The van der Waals surface area contributed by atoms with Gasteiger partial charge in [0.2, 0.25) is 0 Å². The molecule has 0 spiro atoms. The van der Waals surface area contributed by atoms with Gasteiger partial charge in [0, 0.05) is 3.57 Å². The average Bonchev–Trinajstić information content (AvgIpc) is 2.73. The van der Waals surface area contributed by atoms with Crippen molar-refractivity contribution >= 4 is 44.1 Å². The zero-order chi connectivity index (χ0) is 20.0. The molecule has 140 valence electrons. The first-order valence-electron chi connectivity index (χ1n) is 9.28. The van der Waals surface area contributed by atoms with Crippen LogP contribution in [0.15, 0.2) is 91.0 Å². The molecule has 0 unspecified atom stereocenters. The zero-order valence-electron chi connectivity index (χ0n) is 15.3. The molecular weight excluding hydrogens is 477 g/mol. The summed E-state index contributed by atoms with van der Waals surface area (Å²) in [6.07, 6.45) is 0. The molecule has 0 aliphatic rings. The first kappa shape index (κ1) is 18.3. The van der Waals surface area contributed by atoms with E-state index in [4.69, 9.17) is 0 Å². The van der Waals surface area contributed by atoms with Crippen LogP contribution in [0, 0.1) is 15.2 Å². The van der Waals surface area contributed by atoms with Crippen molar-refractivity contribution in [2.75, 3.05) is 0 Å². The molecule has 5 rings (SSSR count). The summed E-state index contributed by atoms with van der Waals surface area (Å²) < 4.78 is 28.7. The van der Waals surface area contributed by atoms with Crippen molar-refractivity contribution < 1.29 is 8.78 Å². The van der Waals surface area contributed by atoms with Gasteiger partial charge in [0.1, 0.15) is 11.6 Å². The van der Waals surface area contributed by atoms with E-state index in [1.54, 1.807) is 12.1 Å². The summed E-state index contributed by atoms with van der Waals surface area (Å²) in [5, 5.41) is 4.08. The molecule has 0 aliphatic heterocycles. The maximum absolute atomic E-state index is 14.2. The predicted octanol–water partition coefficient (Wildman–Crippen LogP) is 8.21. The van der Waals surface area contributed by atoms with Crippen molar-refractivity contribution in [1.82, 2.24) is 0 Å². The van der Waals surface area contributed by atoms with Gasteiger partial charge in [-0.3, -0.25) is 0 Å². The van der Waals surface area contributed by atoms with Crippen LogP contribution in [-0.4, -0.2) is 0 Å². The SMILES string of the molecule is Fc1ccc(-c2ccccc2-c2cc3ccccc3c3ccc(F)cc23)c(I)c1. The van der Waals surface area contributed by atoms with E-state index in [9.17, 15) is 8.78 Å². The molecule has 0 saturated heterocycles. The van der Waals surface area contributed by atoms with E-state index in [2.05, 4.69) is 40.8 Å². The van der Waals surface area contributed by atoms with Crippen LogP contribution < -0.4 is 0 Å². The minimum absolute atomic E-state index is 0.256. The van der Waals surface area contributed by atoms with E-state index in [1.165, 1.54) is 18.2 Å². The first-order valence-corrected chi connectivity index (χ1v) is 10.4. The molecule has 0 radical (unpaired) electrons. The quantitative estimate of drug-likeness (QED) is 0.172. The third kappa shape index (κ3) is 3.19. The number of rotatable bonds is 2. The molecule has 0 aliphatic carbocycles. The molecule has 0 atom stereocenters. The van der Waals surface area contributed by atoms with E-state index in [1.807, 2.05) is 42.5 Å². The number of hydrogen-bond donors (Lipinski definition) is 0. The first-order chi connectivity index (χ1) is 14.1. The van der Waals surface area contributed by atoms with Gasteiger partial charge < -0.3 is 0 Å². The lowest BCUT2D eigenvalue weighted by Gasteiger charge is -2.16. The van der Waals surface area contributed by atoms with E-state index < -0.39 is 0 Å². The molecule has 5 aromatic rings. The summed E-state index contributed by atoms with van der Waals surface area (Å²) in [7, 11) is 0. The summed E-state index contributed by atoms with van der Waals surface area (Å²) in [6, 6.07) is 28.1. The van der Waals surface area contributed by atoms with Gasteiger partial charge in [-0.1, -0.05) is 60.7 Å². The Kier molecular flexibility index (Phi) is 4.55. The number of benzene rings is 5. The molecule has 0 bridgehead atoms. The van der Waals surface area contributed by atoms with Crippen LogP contribution in [0.2, 0.25) is 0 Å². The van der Waals surface area contributed by atoms with Crippen molar-refractivity contribution in [2.24, 2.45) is 0 Å². The third-order valence-corrected chi connectivity index (χ3v) is 6.15. The number of fused-ring (bicyclic) bond motifs is 3. The van der Waals surface area contributed by atoms with Gasteiger partial charge in [0.25, 0.3) is 0 Å². The highest BCUT2D eigenvalue weighted by atomic mass is 127. The summed E-state index contributed by atoms with van der Waals surface area (Å²) in [4.78, 5) is 0. The molecule has 0 aromatic heterocycles. The Morgan fingerprint density at radius 1 is 0.483 bits per heavy atom. The van der Waals surface area contributed by atoms with Crippen molar-refractivity contribution in [3.05, 3.63) is 106 Å². The molecule has 0 fully saturated rings. The lowest BCUT2D eigenvalue weighted by Crippen LogP contribution is -1.91. The van der Waals surface area contributed by atoms with Crippen LogP contribution in [0.1, 0.15) is 0 Å². The van der Waals surface area contributed by atoms with E-state index in [0.29, 0.717) is 0 Å². The van der Waals surface area contributed by atoms with E-state index in [0.717, 1.165) is 47.4 Å². The minimum atomic E-state index is -0.261. The molecular formula is C26H15F2I. The summed E-state index contributed by atoms with van der Waals surface area (Å²) >= 11 is 2.16. The second kappa shape index (κ2) is 7.23. The Morgan fingerprint density at radius 2 is 1.14 bits per heavy atom. The molecule has 29 heavy (non-hydrogen) atoms. The fourth-order valence-electron chi connectivity index (χ4n) is 3.96. The van der Waals surface area contributed by atoms with E-state index in [-0.39, 0.29) is 11.6 Å². The largest absolute Gasteiger partial charge is 0.207 e. The summed E-state index contributed by atoms with van der Waals surface area (Å²) in [5.74, 6) is -0.517. The van der Waals surface area contributed by atoms with Gasteiger partial charge in [-0.05, 0) is 96.7 Å². The molecule has 0 nitrogen and oxygen atoms in total. The number of hydrogen-bond acceptors (Lipinski definition) is 0. The highest BCUT2D eigenvalue weighted by Gasteiger charge is 2.15. The second-order valence-electron chi connectivity index (χ2n) is 7.00. The van der Waals surface area contributed by atoms with Gasteiger partial charge in [-0.15, -0.1) is 0 Å². The maximum atomic E-state index is 14.2. The minimum Gasteiger partial charge on any atom is -0.207 e. The van der Waals surface area contributed by atoms with Crippen LogP contribution in [0.25, 0.3) is 43.8 Å². The standard InChI is InChI=1S/C26H15F2I/c27-17-9-11-22-19-6-2-1-5-16(19)13-24(25(22)14-17)21-8-4-3-7-20(21)23-12-10-18(28)15-26(23)29/h1-15H.